The number of aromatic nitrogens is 1. The molecule has 31 heavy (non-hydrogen) atoms. The second-order valence-corrected chi connectivity index (χ2v) is 7.14. The van der Waals surface area contributed by atoms with Gasteiger partial charge in [-0.2, -0.15) is 0 Å². The van der Waals surface area contributed by atoms with Crippen LogP contribution >= 0.6 is 0 Å². The third-order valence-electron chi connectivity index (χ3n) is 5.24. The van der Waals surface area contributed by atoms with Crippen LogP contribution in [-0.4, -0.2) is 23.3 Å². The van der Waals surface area contributed by atoms with Crippen molar-refractivity contribution in [3.8, 4) is 33.7 Å². The van der Waals surface area contributed by atoms with Crippen molar-refractivity contribution in [3.05, 3.63) is 89.2 Å². The van der Waals surface area contributed by atoms with E-state index in [1.54, 1.807) is 13.2 Å². The third kappa shape index (κ3) is 3.98. The highest BCUT2D eigenvalue weighted by atomic mass is 19.1. The van der Waals surface area contributed by atoms with Gasteiger partial charge in [0.25, 0.3) is 0 Å². The number of halogens is 1. The molecule has 0 radical (unpaired) electrons. The number of carboxylic acids is 1. The molecule has 156 valence electrons. The van der Waals surface area contributed by atoms with Crippen LogP contribution in [0.1, 0.15) is 21.5 Å². The molecular weight excluding hydrogens is 397 g/mol. The summed E-state index contributed by atoms with van der Waals surface area (Å²) in [6.45, 7) is 2.43. The second kappa shape index (κ2) is 8.53. The molecule has 0 aliphatic rings. The van der Waals surface area contributed by atoms with Crippen LogP contribution in [0.5, 0.6) is 0 Å². The van der Waals surface area contributed by atoms with Crippen LogP contribution < -0.4 is 0 Å². The van der Waals surface area contributed by atoms with Gasteiger partial charge in [-0.15, -0.1) is 0 Å². The van der Waals surface area contributed by atoms with Crippen molar-refractivity contribution >= 4 is 5.97 Å². The Morgan fingerprint density at radius 2 is 1.77 bits per heavy atom. The van der Waals surface area contributed by atoms with Crippen LogP contribution in [0.3, 0.4) is 0 Å². The number of carboxylic acid groups (broad SMARTS) is 1. The van der Waals surface area contributed by atoms with Gasteiger partial charge in [0.2, 0.25) is 0 Å². The van der Waals surface area contributed by atoms with Crippen molar-refractivity contribution in [2.24, 2.45) is 0 Å². The van der Waals surface area contributed by atoms with Crippen molar-refractivity contribution in [1.29, 1.82) is 0 Å². The smallest absolute Gasteiger partial charge is 0.338 e. The van der Waals surface area contributed by atoms with E-state index in [-0.39, 0.29) is 5.56 Å². The van der Waals surface area contributed by atoms with Gasteiger partial charge >= 0.3 is 5.97 Å². The highest BCUT2D eigenvalue weighted by Gasteiger charge is 2.18. The first kappa shape index (κ1) is 20.5. The minimum Gasteiger partial charge on any atom is -0.478 e. The van der Waals surface area contributed by atoms with Gasteiger partial charge in [-0.25, -0.2) is 9.18 Å². The molecule has 0 unspecified atom stereocenters. The number of carbonyl (C=O) groups is 1. The largest absolute Gasteiger partial charge is 0.478 e. The molecular formula is C25H20FNO4. The lowest BCUT2D eigenvalue weighted by atomic mass is 9.92. The summed E-state index contributed by atoms with van der Waals surface area (Å²) in [4.78, 5) is 11.0. The van der Waals surface area contributed by atoms with Gasteiger partial charge in [0.1, 0.15) is 11.5 Å². The third-order valence-corrected chi connectivity index (χ3v) is 5.24. The Balaban J connectivity index is 1.75. The molecule has 0 fully saturated rings. The molecule has 0 saturated heterocycles. The number of methoxy groups -OCH3 is 1. The first-order chi connectivity index (χ1) is 15.0. The van der Waals surface area contributed by atoms with Crippen molar-refractivity contribution in [2.75, 3.05) is 7.11 Å². The fourth-order valence-electron chi connectivity index (χ4n) is 3.63. The summed E-state index contributed by atoms with van der Waals surface area (Å²) in [7, 11) is 1.64. The van der Waals surface area contributed by atoms with E-state index in [1.165, 1.54) is 12.1 Å². The first-order valence-electron chi connectivity index (χ1n) is 9.66. The van der Waals surface area contributed by atoms with Crippen molar-refractivity contribution in [1.82, 2.24) is 5.16 Å². The van der Waals surface area contributed by atoms with E-state index in [9.17, 15) is 9.18 Å². The van der Waals surface area contributed by atoms with Gasteiger partial charge < -0.3 is 14.4 Å². The molecule has 3 aromatic carbocycles. The summed E-state index contributed by atoms with van der Waals surface area (Å²) in [5, 5.41) is 13.1. The number of hydrogen-bond acceptors (Lipinski definition) is 4. The quantitative estimate of drug-likeness (QED) is 0.419. The van der Waals surface area contributed by atoms with Crippen molar-refractivity contribution in [3.63, 3.8) is 0 Å². The maximum absolute atomic E-state index is 14.1. The van der Waals surface area contributed by atoms with E-state index >= 15 is 0 Å². The molecule has 4 rings (SSSR count). The van der Waals surface area contributed by atoms with Gasteiger partial charge in [0, 0.05) is 24.3 Å². The van der Waals surface area contributed by atoms with Crippen LogP contribution in [0.25, 0.3) is 33.7 Å². The molecule has 5 nitrogen and oxygen atoms in total. The van der Waals surface area contributed by atoms with E-state index in [2.05, 4.69) is 17.3 Å². The normalized spacial score (nSPS) is 10.9. The Labute approximate surface area is 178 Å². The fourth-order valence-corrected chi connectivity index (χ4v) is 3.63. The highest BCUT2D eigenvalue weighted by Crippen LogP contribution is 2.35. The predicted octanol–water partition coefficient (Wildman–Crippen LogP) is 5.97. The van der Waals surface area contributed by atoms with Crippen molar-refractivity contribution < 1.29 is 23.6 Å². The van der Waals surface area contributed by atoms with Gasteiger partial charge in [0.05, 0.1) is 12.2 Å². The molecule has 1 aromatic heterocycles. The van der Waals surface area contributed by atoms with E-state index in [0.717, 1.165) is 33.9 Å². The van der Waals surface area contributed by atoms with Crippen molar-refractivity contribution in [2.45, 2.75) is 13.5 Å². The maximum atomic E-state index is 14.1. The minimum absolute atomic E-state index is 0.387. The number of aromatic carboxylic acids is 1. The van der Waals surface area contributed by atoms with Gasteiger partial charge in [-0.05, 0) is 41.3 Å². The molecule has 0 saturated carbocycles. The van der Waals surface area contributed by atoms with Gasteiger partial charge in [0.15, 0.2) is 5.76 Å². The molecule has 1 N–H and O–H groups in total. The Morgan fingerprint density at radius 1 is 1.03 bits per heavy atom. The molecule has 6 heteroatoms. The molecule has 4 aromatic rings. The second-order valence-electron chi connectivity index (χ2n) is 7.14. The zero-order valence-corrected chi connectivity index (χ0v) is 17.1. The van der Waals surface area contributed by atoms with Crippen LogP contribution in [0, 0.1) is 12.7 Å². The first-order valence-corrected chi connectivity index (χ1v) is 9.66. The standard InChI is InChI=1S/C25H20FNO4/c1-15-18(16-6-4-3-5-7-16)10-11-19(21(15)14-30-2)24-13-23(27-31-24)17-8-9-20(25(28)29)22(26)12-17/h3-13H,14H2,1-2H3,(H,28,29). The van der Waals surface area contributed by atoms with E-state index in [4.69, 9.17) is 14.4 Å². The number of benzene rings is 3. The van der Waals surface area contributed by atoms with E-state index in [1.807, 2.05) is 37.3 Å². The van der Waals surface area contributed by atoms with E-state index < -0.39 is 11.8 Å². The summed E-state index contributed by atoms with van der Waals surface area (Å²) >= 11 is 0. The highest BCUT2D eigenvalue weighted by molar-refractivity contribution is 5.88. The number of rotatable bonds is 6. The molecule has 1 heterocycles. The van der Waals surface area contributed by atoms with Gasteiger partial charge in [-0.1, -0.05) is 53.7 Å². The SMILES string of the molecule is COCc1c(-c2cc(-c3ccc(C(=O)O)c(F)c3)no2)ccc(-c2ccccc2)c1C. The van der Waals surface area contributed by atoms with Gasteiger partial charge in [-0.3, -0.25) is 0 Å². The molecule has 0 aliphatic heterocycles. The fraction of sp³-hybridized carbons (Fsp3) is 0.120. The molecule has 0 aliphatic carbocycles. The van der Waals surface area contributed by atoms with Crippen LogP contribution in [-0.2, 0) is 11.3 Å². The maximum Gasteiger partial charge on any atom is 0.338 e. The van der Waals surface area contributed by atoms with Crippen LogP contribution in [0.4, 0.5) is 4.39 Å². The molecule has 0 bridgehead atoms. The average Bonchev–Trinajstić information content (AvgIpc) is 3.25. The Hall–Kier alpha value is -3.77. The number of ether oxygens (including phenoxy) is 1. The zero-order chi connectivity index (χ0) is 22.0. The summed E-state index contributed by atoms with van der Waals surface area (Å²) in [5.41, 5.74) is 5.54. The summed E-state index contributed by atoms with van der Waals surface area (Å²) in [6.07, 6.45) is 0. The summed E-state index contributed by atoms with van der Waals surface area (Å²) in [6, 6.07) is 19.7. The Kier molecular flexibility index (Phi) is 5.64. The lowest BCUT2D eigenvalue weighted by Crippen LogP contribution is -2.00. The Morgan fingerprint density at radius 3 is 2.45 bits per heavy atom. The van der Waals surface area contributed by atoms with Crippen LogP contribution in [0.2, 0.25) is 0 Å². The minimum atomic E-state index is -1.32. The average molecular weight is 417 g/mol. The summed E-state index contributed by atoms with van der Waals surface area (Å²) in [5.74, 6) is -1.62. The van der Waals surface area contributed by atoms with Crippen LogP contribution in [0.15, 0.2) is 71.3 Å². The predicted molar refractivity (Wildman–Crippen MR) is 115 cm³/mol. The lowest BCUT2D eigenvalue weighted by molar-refractivity contribution is 0.0692. The topological polar surface area (TPSA) is 72.6 Å². The number of hydrogen-bond donors (Lipinski definition) is 1. The monoisotopic (exact) mass is 417 g/mol. The molecule has 0 atom stereocenters. The zero-order valence-electron chi connectivity index (χ0n) is 17.1. The summed E-state index contributed by atoms with van der Waals surface area (Å²) < 4.78 is 25.1. The lowest BCUT2D eigenvalue weighted by Gasteiger charge is -2.15. The molecule has 0 amide bonds. The number of nitrogens with zero attached hydrogens (tertiary/aromatic N) is 1. The van der Waals surface area contributed by atoms with E-state index in [0.29, 0.717) is 23.6 Å². The molecule has 0 spiro atoms. The Bertz CT molecular complexity index is 1250.